The first-order chi connectivity index (χ1) is 10.6. The summed E-state index contributed by atoms with van der Waals surface area (Å²) in [5.74, 6) is 0.718. The van der Waals surface area contributed by atoms with Gasteiger partial charge in [0, 0.05) is 49.6 Å². The van der Waals surface area contributed by atoms with Gasteiger partial charge < -0.3 is 9.88 Å². The zero-order chi connectivity index (χ0) is 15.9. The van der Waals surface area contributed by atoms with Gasteiger partial charge in [0.15, 0.2) is 0 Å². The number of imidazole rings is 1. The lowest BCUT2D eigenvalue weighted by atomic mass is 10.2. The number of aryl methyl sites for hydroxylation is 2. The number of nitro benzene ring substituents is 1. The van der Waals surface area contributed by atoms with E-state index in [1.54, 1.807) is 12.3 Å². The largest absolute Gasteiger partial charge is 0.352 e. The Kier molecular flexibility index (Phi) is 5.24. The number of amides is 1. The van der Waals surface area contributed by atoms with Gasteiger partial charge >= 0.3 is 0 Å². The van der Waals surface area contributed by atoms with Crippen LogP contribution >= 0.6 is 0 Å². The van der Waals surface area contributed by atoms with E-state index in [2.05, 4.69) is 14.9 Å². The molecule has 2 rings (SSSR count). The van der Waals surface area contributed by atoms with Crippen LogP contribution in [0.15, 0.2) is 36.7 Å². The number of nitro groups is 1. The van der Waals surface area contributed by atoms with E-state index in [0.29, 0.717) is 12.1 Å². The zero-order valence-corrected chi connectivity index (χ0v) is 12.4. The topological polar surface area (TPSA) is 90.1 Å². The van der Waals surface area contributed by atoms with E-state index < -0.39 is 4.92 Å². The quantitative estimate of drug-likeness (QED) is 0.482. The van der Waals surface area contributed by atoms with Crippen molar-refractivity contribution in [2.75, 3.05) is 6.54 Å². The summed E-state index contributed by atoms with van der Waals surface area (Å²) >= 11 is 0. The van der Waals surface area contributed by atoms with Crippen LogP contribution in [0.1, 0.15) is 29.5 Å². The summed E-state index contributed by atoms with van der Waals surface area (Å²) in [5.41, 5.74) is 0.213. The highest BCUT2D eigenvalue weighted by molar-refractivity contribution is 5.94. The minimum absolute atomic E-state index is 0.0846. The van der Waals surface area contributed by atoms with E-state index in [9.17, 15) is 14.9 Å². The van der Waals surface area contributed by atoms with Crippen LogP contribution in [-0.2, 0) is 13.0 Å². The van der Waals surface area contributed by atoms with Crippen molar-refractivity contribution >= 4 is 11.6 Å². The lowest BCUT2D eigenvalue weighted by Crippen LogP contribution is -2.25. The molecule has 0 aliphatic heterocycles. The highest BCUT2D eigenvalue weighted by Crippen LogP contribution is 2.12. The first kappa shape index (κ1) is 15.7. The molecule has 7 nitrogen and oxygen atoms in total. The number of carbonyl (C=O) groups is 1. The van der Waals surface area contributed by atoms with Crippen LogP contribution in [-0.4, -0.2) is 26.9 Å². The minimum atomic E-state index is -0.512. The molecule has 22 heavy (non-hydrogen) atoms. The average Bonchev–Trinajstić information content (AvgIpc) is 2.99. The van der Waals surface area contributed by atoms with E-state index >= 15 is 0 Å². The molecule has 0 spiro atoms. The molecule has 1 aromatic carbocycles. The number of hydrogen-bond donors (Lipinski definition) is 1. The highest BCUT2D eigenvalue weighted by atomic mass is 16.6. The van der Waals surface area contributed by atoms with Crippen LogP contribution in [0.4, 0.5) is 5.69 Å². The SMILES string of the molecule is CCc1nccn1CCCNC(=O)c1cccc([N+](=O)[O-])c1. The van der Waals surface area contributed by atoms with Gasteiger partial charge in [-0.05, 0) is 12.5 Å². The Balaban J connectivity index is 1.83. The zero-order valence-electron chi connectivity index (χ0n) is 12.4. The Morgan fingerprint density at radius 1 is 1.45 bits per heavy atom. The predicted octanol–water partition coefficient (Wildman–Crippen LogP) is 2.17. The molecule has 0 aliphatic rings. The molecular weight excluding hydrogens is 284 g/mol. The minimum Gasteiger partial charge on any atom is -0.352 e. The Morgan fingerprint density at radius 3 is 3.00 bits per heavy atom. The summed E-state index contributed by atoms with van der Waals surface area (Å²) in [7, 11) is 0. The van der Waals surface area contributed by atoms with Crippen molar-refractivity contribution in [1.29, 1.82) is 0 Å². The molecule has 1 aromatic heterocycles. The predicted molar refractivity (Wildman–Crippen MR) is 81.7 cm³/mol. The van der Waals surface area contributed by atoms with Crippen LogP contribution < -0.4 is 5.32 Å². The van der Waals surface area contributed by atoms with Crippen molar-refractivity contribution < 1.29 is 9.72 Å². The lowest BCUT2D eigenvalue weighted by Gasteiger charge is -2.08. The summed E-state index contributed by atoms with van der Waals surface area (Å²) in [4.78, 5) is 26.4. The summed E-state index contributed by atoms with van der Waals surface area (Å²) in [6, 6.07) is 5.71. The monoisotopic (exact) mass is 302 g/mol. The summed E-state index contributed by atoms with van der Waals surface area (Å²) < 4.78 is 2.06. The van der Waals surface area contributed by atoms with Gasteiger partial charge in [-0.2, -0.15) is 0 Å². The number of hydrogen-bond acceptors (Lipinski definition) is 4. The molecule has 1 heterocycles. The van der Waals surface area contributed by atoms with Crippen molar-refractivity contribution in [3.05, 3.63) is 58.2 Å². The fourth-order valence-corrected chi connectivity index (χ4v) is 2.17. The van der Waals surface area contributed by atoms with Gasteiger partial charge in [-0.25, -0.2) is 4.98 Å². The van der Waals surface area contributed by atoms with E-state index in [4.69, 9.17) is 0 Å². The molecule has 0 atom stereocenters. The van der Waals surface area contributed by atoms with E-state index in [1.807, 2.05) is 13.1 Å². The maximum absolute atomic E-state index is 12.0. The highest BCUT2D eigenvalue weighted by Gasteiger charge is 2.10. The first-order valence-corrected chi connectivity index (χ1v) is 7.14. The van der Waals surface area contributed by atoms with E-state index in [1.165, 1.54) is 18.2 Å². The molecule has 0 aliphatic carbocycles. The maximum Gasteiger partial charge on any atom is 0.270 e. The Morgan fingerprint density at radius 2 is 2.27 bits per heavy atom. The number of rotatable bonds is 7. The third-order valence-corrected chi connectivity index (χ3v) is 3.30. The van der Waals surface area contributed by atoms with Crippen LogP contribution in [0.2, 0.25) is 0 Å². The summed E-state index contributed by atoms with van der Waals surface area (Å²) in [6.45, 7) is 3.32. The number of non-ortho nitro benzene ring substituents is 1. The Hall–Kier alpha value is -2.70. The van der Waals surface area contributed by atoms with Gasteiger partial charge in [0.05, 0.1) is 4.92 Å². The molecule has 0 saturated heterocycles. The van der Waals surface area contributed by atoms with E-state index in [-0.39, 0.29) is 11.6 Å². The Labute approximate surface area is 128 Å². The normalized spacial score (nSPS) is 10.4. The third kappa shape index (κ3) is 3.91. The molecular formula is C15H18N4O3. The fraction of sp³-hybridized carbons (Fsp3) is 0.333. The number of nitrogens with one attached hydrogen (secondary N) is 1. The van der Waals surface area contributed by atoms with Gasteiger partial charge in [0.1, 0.15) is 5.82 Å². The van der Waals surface area contributed by atoms with Crippen molar-refractivity contribution in [2.24, 2.45) is 0 Å². The van der Waals surface area contributed by atoms with Crippen LogP contribution in [0.25, 0.3) is 0 Å². The molecule has 1 N–H and O–H groups in total. The first-order valence-electron chi connectivity index (χ1n) is 7.14. The fourth-order valence-electron chi connectivity index (χ4n) is 2.17. The lowest BCUT2D eigenvalue weighted by molar-refractivity contribution is -0.384. The molecule has 116 valence electrons. The molecule has 7 heteroatoms. The molecule has 1 amide bonds. The molecule has 0 bridgehead atoms. The van der Waals surface area contributed by atoms with Gasteiger partial charge in [0.25, 0.3) is 11.6 Å². The van der Waals surface area contributed by atoms with Gasteiger partial charge in [-0.3, -0.25) is 14.9 Å². The van der Waals surface area contributed by atoms with Gasteiger partial charge in [-0.15, -0.1) is 0 Å². The number of nitrogens with zero attached hydrogens (tertiary/aromatic N) is 3. The average molecular weight is 302 g/mol. The van der Waals surface area contributed by atoms with Crippen molar-refractivity contribution in [2.45, 2.75) is 26.3 Å². The standard InChI is InChI=1S/C15H18N4O3/c1-2-14-16-8-10-18(14)9-4-7-17-15(20)12-5-3-6-13(11-12)19(21)22/h3,5-6,8,10-11H,2,4,7,9H2,1H3,(H,17,20). The number of benzene rings is 1. The van der Waals surface area contributed by atoms with E-state index in [0.717, 1.165) is 25.2 Å². The van der Waals surface area contributed by atoms with Crippen LogP contribution in [0, 0.1) is 10.1 Å². The second kappa shape index (κ2) is 7.35. The van der Waals surface area contributed by atoms with Crippen LogP contribution in [0.3, 0.4) is 0 Å². The molecule has 2 aromatic rings. The molecule has 0 unspecified atom stereocenters. The second-order valence-electron chi connectivity index (χ2n) is 4.81. The second-order valence-corrected chi connectivity index (χ2v) is 4.81. The van der Waals surface area contributed by atoms with Crippen molar-refractivity contribution in [3.63, 3.8) is 0 Å². The summed E-state index contributed by atoms with van der Waals surface area (Å²) in [6.07, 6.45) is 5.32. The summed E-state index contributed by atoms with van der Waals surface area (Å²) in [5, 5.41) is 13.5. The third-order valence-electron chi connectivity index (χ3n) is 3.30. The van der Waals surface area contributed by atoms with Gasteiger partial charge in [-0.1, -0.05) is 13.0 Å². The number of aromatic nitrogens is 2. The van der Waals surface area contributed by atoms with Crippen LogP contribution in [0.5, 0.6) is 0 Å². The molecule has 0 saturated carbocycles. The maximum atomic E-state index is 12.0. The van der Waals surface area contributed by atoms with Crippen molar-refractivity contribution in [3.8, 4) is 0 Å². The van der Waals surface area contributed by atoms with Crippen molar-refractivity contribution in [1.82, 2.24) is 14.9 Å². The Bertz CT molecular complexity index is 666. The molecule has 0 fully saturated rings. The number of carbonyl (C=O) groups excluding carboxylic acids is 1. The smallest absolute Gasteiger partial charge is 0.270 e. The molecule has 0 radical (unpaired) electrons. The van der Waals surface area contributed by atoms with Gasteiger partial charge in [0.2, 0.25) is 0 Å².